The Morgan fingerprint density at radius 2 is 1.77 bits per heavy atom. The molecule has 3 rings (SSSR count). The molecule has 0 bridgehead atoms. The lowest BCUT2D eigenvalue weighted by atomic mass is 9.78. The van der Waals surface area contributed by atoms with Gasteiger partial charge in [-0.3, -0.25) is 0 Å². The van der Waals surface area contributed by atoms with Crippen molar-refractivity contribution in [3.63, 3.8) is 0 Å². The summed E-state index contributed by atoms with van der Waals surface area (Å²) in [4.78, 5) is 11.7. The summed E-state index contributed by atoms with van der Waals surface area (Å²) in [5.41, 5.74) is -0.204. The number of carbonyl (C=O) groups excluding carboxylic acids is 1. The normalized spacial score (nSPS) is 21.8. The molecular weight excluding hydrogens is 336 g/mol. The second-order valence-electron chi connectivity index (χ2n) is 7.32. The van der Waals surface area contributed by atoms with Gasteiger partial charge >= 0.3 is 13.2 Å². The van der Waals surface area contributed by atoms with E-state index in [1.54, 1.807) is 37.8 Å². The van der Waals surface area contributed by atoms with Crippen LogP contribution < -0.4 is 10.8 Å². The molecule has 2 aliphatic rings. The molecule has 7 heteroatoms. The van der Waals surface area contributed by atoms with Crippen molar-refractivity contribution in [1.82, 2.24) is 5.32 Å². The largest absolute Gasteiger partial charge is 0.497 e. The van der Waals surface area contributed by atoms with E-state index in [1.165, 1.54) is 6.07 Å². The van der Waals surface area contributed by atoms with E-state index in [2.05, 4.69) is 5.32 Å². The quantitative estimate of drug-likeness (QED) is 0.841. The number of rotatable bonds is 4. The molecule has 0 aromatic heterocycles. The molecule has 1 saturated heterocycles. The minimum atomic E-state index is -0.768. The molecule has 1 aliphatic heterocycles. The summed E-state index contributed by atoms with van der Waals surface area (Å²) in [7, 11) is -0.768. The number of halogens is 1. The third kappa shape index (κ3) is 4.04. The van der Waals surface area contributed by atoms with Gasteiger partial charge in [-0.25, -0.2) is 9.18 Å². The lowest BCUT2D eigenvalue weighted by Gasteiger charge is -2.32. The van der Waals surface area contributed by atoms with E-state index in [9.17, 15) is 9.18 Å². The van der Waals surface area contributed by atoms with Gasteiger partial charge in [0.15, 0.2) is 0 Å². The Labute approximate surface area is 154 Å². The highest BCUT2D eigenvalue weighted by molar-refractivity contribution is 6.62. The average molecular weight is 358 g/mol. The Hall–Kier alpha value is -1.60. The standard InChI is InChI=1S/C19H22BFNO4/c1-18(2)19(3,4)26-20(25-18)15-10-9-13(11-16(15)21)12-24-17(23)22-14-7-5-6-8-14/h5-11H,12H2,1-4H3,(H,22,23). The summed E-state index contributed by atoms with van der Waals surface area (Å²) < 4.78 is 31.4. The van der Waals surface area contributed by atoms with Crippen LogP contribution in [0.2, 0.25) is 0 Å². The molecule has 1 aromatic rings. The first kappa shape index (κ1) is 19.2. The predicted octanol–water partition coefficient (Wildman–Crippen LogP) is 2.71. The second-order valence-corrected chi connectivity index (χ2v) is 7.32. The van der Waals surface area contributed by atoms with Crippen molar-refractivity contribution in [1.29, 1.82) is 0 Å². The van der Waals surface area contributed by atoms with Crippen molar-refractivity contribution in [2.45, 2.75) is 45.5 Å². The predicted molar refractivity (Wildman–Crippen MR) is 95.9 cm³/mol. The summed E-state index contributed by atoms with van der Waals surface area (Å²) in [6.07, 6.45) is 6.52. The lowest BCUT2D eigenvalue weighted by Crippen LogP contribution is -2.41. The molecule has 1 N–H and O–H groups in total. The van der Waals surface area contributed by atoms with Gasteiger partial charge in [0, 0.05) is 5.46 Å². The molecule has 5 nitrogen and oxygen atoms in total. The molecule has 5 radical (unpaired) electrons. The van der Waals surface area contributed by atoms with E-state index in [1.807, 2.05) is 27.7 Å². The Bertz CT molecular complexity index is 658. The maximum Gasteiger partial charge on any atom is 0.497 e. The molecule has 1 aliphatic carbocycles. The van der Waals surface area contributed by atoms with Gasteiger partial charge in [0.25, 0.3) is 0 Å². The Balaban J connectivity index is 1.58. The number of benzene rings is 1. The molecule has 1 saturated carbocycles. The first-order valence-electron chi connectivity index (χ1n) is 8.47. The average Bonchev–Trinajstić information content (AvgIpc) is 3.11. The van der Waals surface area contributed by atoms with Crippen LogP contribution >= 0.6 is 0 Å². The summed E-state index contributed by atoms with van der Waals surface area (Å²) >= 11 is 0. The molecule has 1 aromatic carbocycles. The van der Waals surface area contributed by atoms with Crippen LogP contribution in [-0.4, -0.2) is 24.4 Å². The molecule has 1 heterocycles. The van der Waals surface area contributed by atoms with Crippen LogP contribution in [0.1, 0.15) is 33.3 Å². The van der Waals surface area contributed by atoms with Gasteiger partial charge in [-0.05, 0) is 65.0 Å². The van der Waals surface area contributed by atoms with Gasteiger partial charge < -0.3 is 19.4 Å². The van der Waals surface area contributed by atoms with Crippen molar-refractivity contribution in [2.75, 3.05) is 0 Å². The maximum atomic E-state index is 14.5. The SMILES string of the molecule is CC1(C)OB(c2ccc(COC(=O)N[C]3[CH][CH][CH][CH]3)cc2F)OC1(C)C. The van der Waals surface area contributed by atoms with Crippen LogP contribution in [0.3, 0.4) is 0 Å². The van der Waals surface area contributed by atoms with E-state index >= 15 is 0 Å². The highest BCUT2D eigenvalue weighted by Crippen LogP contribution is 2.36. The van der Waals surface area contributed by atoms with Crippen LogP contribution in [0.25, 0.3) is 0 Å². The number of hydrogen-bond acceptors (Lipinski definition) is 4. The molecule has 0 atom stereocenters. The molecular formula is C19H22BFNO4. The van der Waals surface area contributed by atoms with E-state index in [4.69, 9.17) is 14.0 Å². The third-order valence-corrected chi connectivity index (χ3v) is 4.85. The second kappa shape index (κ2) is 7.20. The van der Waals surface area contributed by atoms with Crippen molar-refractivity contribution in [3.05, 3.63) is 61.3 Å². The Kier molecular flexibility index (Phi) is 5.31. The Morgan fingerprint density at radius 1 is 1.15 bits per heavy atom. The molecule has 26 heavy (non-hydrogen) atoms. The Morgan fingerprint density at radius 3 is 2.35 bits per heavy atom. The first-order valence-corrected chi connectivity index (χ1v) is 8.47. The van der Waals surface area contributed by atoms with Gasteiger partial charge in [-0.15, -0.1) is 0 Å². The number of hydrogen-bond donors (Lipinski definition) is 1. The number of alkyl carbamates (subject to hydrolysis) is 1. The topological polar surface area (TPSA) is 56.8 Å². The molecule has 137 valence electrons. The van der Waals surface area contributed by atoms with Crippen molar-refractivity contribution >= 4 is 18.7 Å². The van der Waals surface area contributed by atoms with Crippen LogP contribution in [-0.2, 0) is 20.7 Å². The number of ether oxygens (including phenoxy) is 1. The number of carbonyl (C=O) groups is 1. The first-order chi connectivity index (χ1) is 12.2. The summed E-state index contributed by atoms with van der Waals surface area (Å²) in [5, 5.41) is 2.59. The minimum absolute atomic E-state index is 0.0346. The highest BCUT2D eigenvalue weighted by atomic mass is 19.1. The maximum absolute atomic E-state index is 14.5. The molecule has 0 spiro atoms. The molecule has 1 amide bonds. The van der Waals surface area contributed by atoms with Gasteiger partial charge in [-0.2, -0.15) is 0 Å². The van der Waals surface area contributed by atoms with Gasteiger partial charge in [-0.1, -0.05) is 12.1 Å². The van der Waals surface area contributed by atoms with Crippen LogP contribution in [0.15, 0.2) is 18.2 Å². The van der Waals surface area contributed by atoms with E-state index in [0.29, 0.717) is 17.1 Å². The van der Waals surface area contributed by atoms with Crippen LogP contribution in [0.5, 0.6) is 0 Å². The molecule has 0 unspecified atom stereocenters. The lowest BCUT2D eigenvalue weighted by molar-refractivity contribution is 0.00578. The van der Waals surface area contributed by atoms with E-state index < -0.39 is 30.2 Å². The zero-order valence-electron chi connectivity index (χ0n) is 15.3. The number of nitrogens with one attached hydrogen (secondary N) is 1. The van der Waals surface area contributed by atoms with Crippen molar-refractivity contribution < 1.29 is 23.2 Å². The van der Waals surface area contributed by atoms with E-state index in [0.717, 1.165) is 0 Å². The fraction of sp³-hybridized carbons (Fsp3) is 0.368. The monoisotopic (exact) mass is 358 g/mol. The summed E-state index contributed by atoms with van der Waals surface area (Å²) in [6, 6.07) is 5.28. The smallest absolute Gasteiger partial charge is 0.445 e. The zero-order chi connectivity index (χ0) is 18.9. The van der Waals surface area contributed by atoms with Crippen LogP contribution in [0, 0.1) is 37.5 Å². The van der Waals surface area contributed by atoms with Crippen LogP contribution in [0.4, 0.5) is 9.18 Å². The summed E-state index contributed by atoms with van der Waals surface area (Å²) in [5.74, 6) is -0.457. The zero-order valence-corrected chi connectivity index (χ0v) is 15.3. The third-order valence-electron chi connectivity index (χ3n) is 4.85. The van der Waals surface area contributed by atoms with Crippen molar-refractivity contribution in [2.24, 2.45) is 0 Å². The fourth-order valence-corrected chi connectivity index (χ4v) is 2.58. The van der Waals surface area contributed by atoms with Gasteiger partial charge in [0.05, 0.1) is 17.2 Å². The fourth-order valence-electron chi connectivity index (χ4n) is 2.58. The van der Waals surface area contributed by atoms with Crippen molar-refractivity contribution in [3.8, 4) is 0 Å². The van der Waals surface area contributed by atoms with E-state index in [-0.39, 0.29) is 6.61 Å². The molecule has 2 fully saturated rings. The highest BCUT2D eigenvalue weighted by Gasteiger charge is 2.52. The van der Waals surface area contributed by atoms with Gasteiger partial charge in [0.1, 0.15) is 12.4 Å². The summed E-state index contributed by atoms with van der Waals surface area (Å²) in [6.45, 7) is 7.63. The van der Waals surface area contributed by atoms with Gasteiger partial charge in [0.2, 0.25) is 0 Å². The number of amides is 1. The minimum Gasteiger partial charge on any atom is -0.445 e.